The Balaban J connectivity index is 0.000000280. The van der Waals surface area contributed by atoms with Crippen molar-refractivity contribution >= 4 is 45.7 Å². The van der Waals surface area contributed by atoms with Crippen molar-refractivity contribution in [3.8, 4) is 5.75 Å². The second-order valence-electron chi connectivity index (χ2n) is 3.32. The van der Waals surface area contributed by atoms with Crippen molar-refractivity contribution in [3.63, 3.8) is 0 Å². The highest BCUT2D eigenvalue weighted by atomic mass is 35.6. The maximum absolute atomic E-state index is 9.55. The summed E-state index contributed by atoms with van der Waals surface area (Å²) < 4.78 is -0.750. The van der Waals surface area contributed by atoms with E-state index in [0.717, 1.165) is 22.2 Å². The number of phenolic OH excluding ortho intramolecular Hbond substituents is 1. The number of hydrogen-bond acceptors (Lipinski definition) is 1. The van der Waals surface area contributed by atoms with Crippen LogP contribution in [0.1, 0.15) is 11.3 Å². The number of hydrogen-bond donors (Lipinski definition) is 2. The van der Waals surface area contributed by atoms with Crippen LogP contribution in [0.5, 0.6) is 5.75 Å². The predicted octanol–water partition coefficient (Wildman–Crippen LogP) is 4.48. The van der Waals surface area contributed by atoms with E-state index in [1.165, 1.54) is 0 Å². The molecule has 2 rings (SSSR count). The van der Waals surface area contributed by atoms with Crippen LogP contribution >= 0.6 is 34.8 Å². The minimum atomic E-state index is -0.750. The molecule has 5 heteroatoms. The van der Waals surface area contributed by atoms with Gasteiger partial charge < -0.3 is 10.1 Å². The Kier molecular flexibility index (Phi) is 4.78. The van der Waals surface area contributed by atoms with E-state index in [-0.39, 0.29) is 0 Å². The molecule has 2 nitrogen and oxygen atoms in total. The summed E-state index contributed by atoms with van der Waals surface area (Å²) in [4.78, 5) is 3.21. The lowest BCUT2D eigenvalue weighted by atomic mass is 10.1. The van der Waals surface area contributed by atoms with Crippen LogP contribution in [0.25, 0.3) is 10.9 Å². The molecule has 0 aliphatic heterocycles. The van der Waals surface area contributed by atoms with Gasteiger partial charge in [-0.25, -0.2) is 0 Å². The third kappa shape index (κ3) is 3.21. The summed E-state index contributed by atoms with van der Waals surface area (Å²) in [5.41, 5.74) is 3.25. The summed E-state index contributed by atoms with van der Waals surface area (Å²) in [5.74, 6) is 0.356. The topological polar surface area (TPSA) is 36.0 Å². The molecule has 0 atom stereocenters. The van der Waals surface area contributed by atoms with Gasteiger partial charge in [-0.1, -0.05) is 40.9 Å². The summed E-state index contributed by atoms with van der Waals surface area (Å²) in [6.45, 7) is 4.02. The molecule has 0 saturated heterocycles. The zero-order chi connectivity index (χ0) is 12.3. The zero-order valence-electron chi connectivity index (χ0n) is 8.89. The maximum atomic E-state index is 9.55. The summed E-state index contributed by atoms with van der Waals surface area (Å²) in [6.07, 6.45) is 0. The largest absolute Gasteiger partial charge is 0.507 e. The van der Waals surface area contributed by atoms with E-state index >= 15 is 0 Å². The Morgan fingerprint density at radius 2 is 1.75 bits per heavy atom. The molecule has 0 radical (unpaired) electrons. The van der Waals surface area contributed by atoms with Gasteiger partial charge in [0.15, 0.2) is 4.30 Å². The van der Waals surface area contributed by atoms with E-state index < -0.39 is 4.30 Å². The lowest BCUT2D eigenvalue weighted by Gasteiger charge is -1.94. The monoisotopic (exact) mass is 279 g/mol. The van der Waals surface area contributed by atoms with Gasteiger partial charge >= 0.3 is 0 Å². The highest BCUT2D eigenvalue weighted by molar-refractivity contribution is 6.63. The van der Waals surface area contributed by atoms with Crippen molar-refractivity contribution in [2.45, 2.75) is 18.1 Å². The summed E-state index contributed by atoms with van der Waals surface area (Å²) in [7, 11) is 0. The molecule has 0 fully saturated rings. The number of H-pyrrole nitrogens is 1. The van der Waals surface area contributed by atoms with Gasteiger partial charge in [0.1, 0.15) is 5.75 Å². The number of aromatic nitrogens is 1. The number of aromatic hydroxyl groups is 1. The van der Waals surface area contributed by atoms with Crippen LogP contribution in [0, 0.1) is 13.8 Å². The SMILES string of the molecule is Cc1[nH]c2cccc(O)c2c1C.ClC(Cl)Cl. The minimum Gasteiger partial charge on any atom is -0.507 e. The molecule has 1 aromatic carbocycles. The van der Waals surface area contributed by atoms with Crippen molar-refractivity contribution in [3.05, 3.63) is 29.5 Å². The Bertz CT molecular complexity index is 477. The van der Waals surface area contributed by atoms with E-state index in [9.17, 15) is 5.11 Å². The number of nitrogens with one attached hydrogen (secondary N) is 1. The van der Waals surface area contributed by atoms with E-state index in [2.05, 4.69) is 4.98 Å². The Hall–Kier alpha value is -0.570. The fraction of sp³-hybridized carbons (Fsp3) is 0.273. The highest BCUT2D eigenvalue weighted by Gasteiger charge is 2.06. The van der Waals surface area contributed by atoms with Crippen LogP contribution in [0.2, 0.25) is 0 Å². The summed E-state index contributed by atoms with van der Waals surface area (Å²) in [6, 6.07) is 5.52. The third-order valence-corrected chi connectivity index (χ3v) is 2.30. The number of halogens is 3. The third-order valence-electron chi connectivity index (χ3n) is 2.30. The lowest BCUT2D eigenvalue weighted by molar-refractivity contribution is 0.481. The Morgan fingerprint density at radius 1 is 1.19 bits per heavy atom. The molecule has 0 aliphatic rings. The molecule has 0 saturated carbocycles. The first-order valence-corrected chi connectivity index (χ1v) is 5.93. The van der Waals surface area contributed by atoms with Crippen LogP contribution in [0.4, 0.5) is 0 Å². The molecule has 88 valence electrons. The standard InChI is InChI=1S/C10H11NO.CHCl3/c1-6-7(2)11-8-4-3-5-9(12)10(6)8;2-1(3)4/h3-5,11-12H,1-2H3;1H. The van der Waals surface area contributed by atoms with E-state index in [1.54, 1.807) is 6.07 Å². The molecule has 0 bridgehead atoms. The normalized spacial score (nSPS) is 10.4. The van der Waals surface area contributed by atoms with Crippen molar-refractivity contribution in [2.75, 3.05) is 0 Å². The molecule has 2 N–H and O–H groups in total. The summed E-state index contributed by atoms with van der Waals surface area (Å²) in [5, 5.41) is 10.5. The zero-order valence-corrected chi connectivity index (χ0v) is 11.2. The van der Waals surface area contributed by atoms with Crippen LogP contribution in [-0.2, 0) is 0 Å². The second-order valence-corrected chi connectivity index (χ2v) is 5.30. The minimum absolute atomic E-state index is 0.356. The van der Waals surface area contributed by atoms with Crippen molar-refractivity contribution in [1.82, 2.24) is 4.98 Å². The maximum Gasteiger partial charge on any atom is 0.180 e. The van der Waals surface area contributed by atoms with Crippen LogP contribution < -0.4 is 0 Å². The first-order valence-electron chi connectivity index (χ1n) is 4.62. The molecule has 0 aliphatic carbocycles. The van der Waals surface area contributed by atoms with Crippen LogP contribution in [0.15, 0.2) is 18.2 Å². The number of phenols is 1. The first-order chi connectivity index (χ1) is 7.43. The number of rotatable bonds is 0. The smallest absolute Gasteiger partial charge is 0.180 e. The van der Waals surface area contributed by atoms with Crippen LogP contribution in [0.3, 0.4) is 0 Å². The molecular weight excluding hydrogens is 268 g/mol. The van der Waals surface area contributed by atoms with Gasteiger partial charge in [-0.15, -0.1) is 0 Å². The van der Waals surface area contributed by atoms with Crippen molar-refractivity contribution < 1.29 is 5.11 Å². The van der Waals surface area contributed by atoms with Gasteiger partial charge in [0.25, 0.3) is 0 Å². The van der Waals surface area contributed by atoms with E-state index in [0.29, 0.717) is 5.75 Å². The van der Waals surface area contributed by atoms with Gasteiger partial charge in [-0.05, 0) is 31.5 Å². The number of aromatic amines is 1. The van der Waals surface area contributed by atoms with E-state index in [4.69, 9.17) is 34.8 Å². The fourth-order valence-corrected chi connectivity index (χ4v) is 1.52. The highest BCUT2D eigenvalue weighted by Crippen LogP contribution is 2.28. The number of alkyl halides is 3. The Labute approximate surface area is 109 Å². The van der Waals surface area contributed by atoms with Gasteiger partial charge in [0.2, 0.25) is 0 Å². The number of fused-ring (bicyclic) bond motifs is 1. The molecule has 0 amide bonds. The molecule has 16 heavy (non-hydrogen) atoms. The molecule has 0 unspecified atom stereocenters. The first kappa shape index (κ1) is 13.5. The molecule has 1 aromatic heterocycles. The second kappa shape index (κ2) is 5.67. The molecular formula is C11H12Cl3NO. The van der Waals surface area contributed by atoms with Crippen LogP contribution in [-0.4, -0.2) is 14.4 Å². The average Bonchev–Trinajstić information content (AvgIpc) is 2.43. The average molecular weight is 281 g/mol. The number of aryl methyl sites for hydroxylation is 2. The summed E-state index contributed by atoms with van der Waals surface area (Å²) >= 11 is 14.4. The molecule has 2 aromatic rings. The Morgan fingerprint density at radius 3 is 2.25 bits per heavy atom. The fourth-order valence-electron chi connectivity index (χ4n) is 1.52. The van der Waals surface area contributed by atoms with Gasteiger partial charge in [-0.3, -0.25) is 0 Å². The van der Waals surface area contributed by atoms with Gasteiger partial charge in [0.05, 0.1) is 0 Å². The van der Waals surface area contributed by atoms with Gasteiger partial charge in [0, 0.05) is 16.6 Å². The molecule has 1 heterocycles. The molecule has 0 spiro atoms. The van der Waals surface area contributed by atoms with Crippen molar-refractivity contribution in [1.29, 1.82) is 0 Å². The quantitative estimate of drug-likeness (QED) is 0.686. The number of benzene rings is 1. The van der Waals surface area contributed by atoms with E-state index in [1.807, 2.05) is 26.0 Å². The predicted molar refractivity (Wildman–Crippen MR) is 70.8 cm³/mol. The van der Waals surface area contributed by atoms with Crippen molar-refractivity contribution in [2.24, 2.45) is 0 Å². The lowest BCUT2D eigenvalue weighted by Crippen LogP contribution is -1.72. The van der Waals surface area contributed by atoms with Gasteiger partial charge in [-0.2, -0.15) is 0 Å².